The first kappa shape index (κ1) is 15.1. The molecule has 0 aliphatic heterocycles. The molecule has 1 saturated carbocycles. The van der Waals surface area contributed by atoms with Crippen LogP contribution in [0.5, 0.6) is 0 Å². The van der Waals surface area contributed by atoms with Gasteiger partial charge in [-0.1, -0.05) is 79.1 Å². The summed E-state index contributed by atoms with van der Waals surface area (Å²) in [5.74, 6) is 0.627. The van der Waals surface area contributed by atoms with Crippen molar-refractivity contribution in [1.82, 2.24) is 0 Å². The molecule has 1 aliphatic rings. The summed E-state index contributed by atoms with van der Waals surface area (Å²) in [6, 6.07) is 21.3. The van der Waals surface area contributed by atoms with E-state index in [-0.39, 0.29) is 6.61 Å². The Hall–Kier alpha value is -1.86. The van der Waals surface area contributed by atoms with Crippen molar-refractivity contribution in [2.45, 2.75) is 32.1 Å². The SMILES string of the molecule is OCCC(=C(c1ccccc1)c1ccccc1)C1CCCC1. The van der Waals surface area contributed by atoms with Crippen LogP contribution in [0.2, 0.25) is 0 Å². The molecule has 1 heteroatoms. The third kappa shape index (κ3) is 3.31. The topological polar surface area (TPSA) is 20.2 Å². The molecule has 0 heterocycles. The summed E-state index contributed by atoms with van der Waals surface area (Å²) in [5.41, 5.74) is 5.31. The van der Waals surface area contributed by atoms with Crippen LogP contribution >= 0.6 is 0 Å². The number of hydrogen-bond acceptors (Lipinski definition) is 1. The van der Waals surface area contributed by atoms with E-state index in [4.69, 9.17) is 0 Å². The van der Waals surface area contributed by atoms with Gasteiger partial charge in [0.2, 0.25) is 0 Å². The molecular formula is C21H24O. The average molecular weight is 292 g/mol. The lowest BCUT2D eigenvalue weighted by molar-refractivity contribution is 0.294. The lowest BCUT2D eigenvalue weighted by Gasteiger charge is -2.21. The first-order valence-electron chi connectivity index (χ1n) is 8.35. The number of aliphatic hydroxyl groups is 1. The van der Waals surface area contributed by atoms with Crippen molar-refractivity contribution in [1.29, 1.82) is 0 Å². The summed E-state index contributed by atoms with van der Waals surface area (Å²) in [6.07, 6.45) is 5.94. The number of hydrogen-bond donors (Lipinski definition) is 1. The van der Waals surface area contributed by atoms with E-state index in [0.717, 1.165) is 6.42 Å². The van der Waals surface area contributed by atoms with Gasteiger partial charge in [-0.2, -0.15) is 0 Å². The van der Waals surface area contributed by atoms with Crippen LogP contribution in [-0.4, -0.2) is 11.7 Å². The van der Waals surface area contributed by atoms with Gasteiger partial charge in [-0.15, -0.1) is 0 Å². The molecule has 0 radical (unpaired) electrons. The van der Waals surface area contributed by atoms with Crippen LogP contribution in [0.15, 0.2) is 66.2 Å². The van der Waals surface area contributed by atoms with E-state index < -0.39 is 0 Å². The summed E-state index contributed by atoms with van der Waals surface area (Å²) in [4.78, 5) is 0. The van der Waals surface area contributed by atoms with Crippen LogP contribution in [0.25, 0.3) is 5.57 Å². The number of aliphatic hydroxyl groups excluding tert-OH is 1. The average Bonchev–Trinajstić information content (AvgIpc) is 3.11. The number of rotatable bonds is 5. The quantitative estimate of drug-likeness (QED) is 0.816. The van der Waals surface area contributed by atoms with E-state index in [1.165, 1.54) is 48.0 Å². The van der Waals surface area contributed by atoms with Gasteiger partial charge in [-0.25, -0.2) is 0 Å². The Morgan fingerprint density at radius 1 is 0.818 bits per heavy atom. The molecule has 3 rings (SSSR count). The monoisotopic (exact) mass is 292 g/mol. The molecule has 22 heavy (non-hydrogen) atoms. The Balaban J connectivity index is 2.15. The Morgan fingerprint density at radius 3 is 1.77 bits per heavy atom. The highest BCUT2D eigenvalue weighted by Crippen LogP contribution is 2.39. The van der Waals surface area contributed by atoms with Crippen molar-refractivity contribution in [3.8, 4) is 0 Å². The normalized spacial score (nSPS) is 15.0. The second-order valence-corrected chi connectivity index (χ2v) is 6.09. The molecule has 0 unspecified atom stereocenters. The second kappa shape index (κ2) is 7.42. The van der Waals surface area contributed by atoms with Gasteiger partial charge >= 0.3 is 0 Å². The fourth-order valence-electron chi connectivity index (χ4n) is 3.68. The Kier molecular flexibility index (Phi) is 5.07. The molecule has 0 amide bonds. The summed E-state index contributed by atoms with van der Waals surface area (Å²) in [7, 11) is 0. The highest BCUT2D eigenvalue weighted by atomic mass is 16.2. The molecule has 1 nitrogen and oxygen atoms in total. The van der Waals surface area contributed by atoms with E-state index in [0.29, 0.717) is 5.92 Å². The molecule has 0 atom stereocenters. The van der Waals surface area contributed by atoms with Crippen LogP contribution in [0.3, 0.4) is 0 Å². The molecule has 1 fully saturated rings. The van der Waals surface area contributed by atoms with Gasteiger partial charge in [0.25, 0.3) is 0 Å². The molecule has 1 aliphatic carbocycles. The van der Waals surface area contributed by atoms with Crippen molar-refractivity contribution in [3.63, 3.8) is 0 Å². The molecule has 0 spiro atoms. The zero-order chi connectivity index (χ0) is 15.2. The highest BCUT2D eigenvalue weighted by molar-refractivity contribution is 5.82. The molecule has 0 bridgehead atoms. The maximum atomic E-state index is 9.61. The fourth-order valence-corrected chi connectivity index (χ4v) is 3.68. The molecular weight excluding hydrogens is 268 g/mol. The lowest BCUT2D eigenvalue weighted by Crippen LogP contribution is -2.06. The minimum absolute atomic E-state index is 0.231. The Morgan fingerprint density at radius 2 is 1.32 bits per heavy atom. The molecule has 114 valence electrons. The molecule has 1 N–H and O–H groups in total. The van der Waals surface area contributed by atoms with Crippen LogP contribution in [0.1, 0.15) is 43.2 Å². The summed E-state index contributed by atoms with van der Waals surface area (Å²) >= 11 is 0. The zero-order valence-electron chi connectivity index (χ0n) is 13.0. The first-order valence-corrected chi connectivity index (χ1v) is 8.35. The van der Waals surface area contributed by atoms with Crippen molar-refractivity contribution >= 4 is 5.57 Å². The van der Waals surface area contributed by atoms with E-state index in [1.807, 2.05) is 0 Å². The predicted molar refractivity (Wildman–Crippen MR) is 92.6 cm³/mol. The highest BCUT2D eigenvalue weighted by Gasteiger charge is 2.23. The smallest absolute Gasteiger partial charge is 0.0468 e. The van der Waals surface area contributed by atoms with Crippen molar-refractivity contribution in [2.75, 3.05) is 6.61 Å². The molecule has 2 aromatic rings. The van der Waals surface area contributed by atoms with Gasteiger partial charge in [0, 0.05) is 6.61 Å². The van der Waals surface area contributed by atoms with Gasteiger partial charge in [0.05, 0.1) is 0 Å². The van der Waals surface area contributed by atoms with Gasteiger partial charge < -0.3 is 5.11 Å². The Bertz CT molecular complexity index is 565. The molecule has 2 aromatic carbocycles. The van der Waals surface area contributed by atoms with Crippen LogP contribution in [-0.2, 0) is 0 Å². The summed E-state index contributed by atoms with van der Waals surface area (Å²) < 4.78 is 0. The van der Waals surface area contributed by atoms with E-state index in [1.54, 1.807) is 0 Å². The molecule has 0 aromatic heterocycles. The summed E-state index contributed by atoms with van der Waals surface area (Å²) in [6.45, 7) is 0.231. The van der Waals surface area contributed by atoms with Gasteiger partial charge in [0.1, 0.15) is 0 Å². The van der Waals surface area contributed by atoms with Gasteiger partial charge in [-0.3, -0.25) is 0 Å². The minimum atomic E-state index is 0.231. The predicted octanol–water partition coefficient (Wildman–Crippen LogP) is 5.06. The summed E-state index contributed by atoms with van der Waals surface area (Å²) in [5, 5.41) is 9.61. The van der Waals surface area contributed by atoms with E-state index >= 15 is 0 Å². The van der Waals surface area contributed by atoms with Crippen LogP contribution in [0, 0.1) is 5.92 Å². The van der Waals surface area contributed by atoms with Crippen molar-refractivity contribution in [2.24, 2.45) is 5.92 Å². The van der Waals surface area contributed by atoms with Crippen molar-refractivity contribution < 1.29 is 5.11 Å². The zero-order valence-corrected chi connectivity index (χ0v) is 13.0. The van der Waals surface area contributed by atoms with Crippen molar-refractivity contribution in [3.05, 3.63) is 77.4 Å². The van der Waals surface area contributed by atoms with Crippen LogP contribution in [0.4, 0.5) is 0 Å². The minimum Gasteiger partial charge on any atom is -0.396 e. The standard InChI is InChI=1S/C21H24O/c22-16-15-20(17-9-7-8-10-17)21(18-11-3-1-4-12-18)19-13-5-2-6-14-19/h1-6,11-14,17,22H,7-10,15-16H2. The van der Waals surface area contributed by atoms with E-state index in [9.17, 15) is 5.11 Å². The maximum absolute atomic E-state index is 9.61. The van der Waals surface area contributed by atoms with Gasteiger partial charge in [-0.05, 0) is 41.9 Å². The second-order valence-electron chi connectivity index (χ2n) is 6.09. The van der Waals surface area contributed by atoms with Gasteiger partial charge in [0.15, 0.2) is 0 Å². The van der Waals surface area contributed by atoms with Crippen LogP contribution < -0.4 is 0 Å². The third-order valence-corrected chi connectivity index (χ3v) is 4.68. The Labute approximate surface area is 133 Å². The number of benzene rings is 2. The largest absolute Gasteiger partial charge is 0.396 e. The molecule has 0 saturated heterocycles. The third-order valence-electron chi connectivity index (χ3n) is 4.68. The lowest BCUT2D eigenvalue weighted by atomic mass is 9.84. The van der Waals surface area contributed by atoms with E-state index in [2.05, 4.69) is 60.7 Å². The first-order chi connectivity index (χ1) is 10.9. The maximum Gasteiger partial charge on any atom is 0.0468 e. The fraction of sp³-hybridized carbons (Fsp3) is 0.333.